The quantitative estimate of drug-likeness (QED) is 0.687. The summed E-state index contributed by atoms with van der Waals surface area (Å²) in [5.41, 5.74) is 1.72. The molecule has 2 nitrogen and oxygen atoms in total. The smallest absolute Gasteiger partial charge is 0.872 e. The minimum absolute atomic E-state index is 0. The van der Waals surface area contributed by atoms with Crippen molar-refractivity contribution >= 4 is 37.7 Å². The van der Waals surface area contributed by atoms with Crippen LogP contribution in [0, 0.1) is 0 Å². The number of rotatable bonds is 0. The summed E-state index contributed by atoms with van der Waals surface area (Å²) in [6.07, 6.45) is 0. The van der Waals surface area contributed by atoms with Crippen LogP contribution in [0.4, 0.5) is 0 Å². The molecule has 2 aromatic rings. The third kappa shape index (κ3) is 7.15. The van der Waals surface area contributed by atoms with Crippen LogP contribution in [0.3, 0.4) is 0 Å². The van der Waals surface area contributed by atoms with Crippen molar-refractivity contribution in [3.05, 3.63) is 59.7 Å². The van der Waals surface area contributed by atoms with Crippen LogP contribution < -0.4 is 10.2 Å². The van der Waals surface area contributed by atoms with E-state index in [0.717, 1.165) is 11.1 Å². The van der Waals surface area contributed by atoms with E-state index in [1.807, 2.05) is 65.8 Å². The van der Waals surface area contributed by atoms with E-state index in [0.29, 0.717) is 0 Å². The summed E-state index contributed by atoms with van der Waals surface area (Å²) in [5, 5.41) is 22.5. The van der Waals surface area contributed by atoms with Gasteiger partial charge in [-0.05, 0) is 10.8 Å². The van der Waals surface area contributed by atoms with Crippen molar-refractivity contribution in [2.45, 2.75) is 52.4 Å². The molecule has 0 N–H and O–H groups in total. The van der Waals surface area contributed by atoms with E-state index in [4.69, 9.17) is 0 Å². The van der Waals surface area contributed by atoms with Crippen LogP contribution >= 0.6 is 0 Å². The van der Waals surface area contributed by atoms with Crippen molar-refractivity contribution in [3.8, 4) is 11.5 Å². The fourth-order valence-corrected chi connectivity index (χ4v) is 2.17. The molecule has 0 heterocycles. The first-order valence-corrected chi connectivity index (χ1v) is 7.56. The molecule has 23 heavy (non-hydrogen) atoms. The second kappa shape index (κ2) is 8.96. The maximum atomic E-state index is 11.3. The van der Waals surface area contributed by atoms with Gasteiger partial charge in [-0.25, -0.2) is 0 Å². The molecular formula is C20H26CaO2. The second-order valence-electron chi connectivity index (χ2n) is 7.49. The summed E-state index contributed by atoms with van der Waals surface area (Å²) in [6, 6.07) is 14.4. The molecule has 0 unspecified atom stereocenters. The molecule has 0 aromatic heterocycles. The Morgan fingerprint density at radius 1 is 0.565 bits per heavy atom. The molecule has 0 aliphatic carbocycles. The largest absolute Gasteiger partial charge is 2.00 e. The van der Waals surface area contributed by atoms with Gasteiger partial charge in [0.25, 0.3) is 0 Å². The molecule has 2 rings (SSSR count). The van der Waals surface area contributed by atoms with E-state index in [9.17, 15) is 10.2 Å². The summed E-state index contributed by atoms with van der Waals surface area (Å²) >= 11 is 0. The Bertz CT molecular complexity index is 552. The van der Waals surface area contributed by atoms with Gasteiger partial charge in [-0.2, -0.15) is 0 Å². The number of benzene rings is 2. The predicted octanol–water partition coefficient (Wildman–Crippen LogP) is 3.73. The van der Waals surface area contributed by atoms with E-state index >= 15 is 0 Å². The van der Waals surface area contributed by atoms with Gasteiger partial charge in [0.1, 0.15) is 0 Å². The molecule has 0 fully saturated rings. The zero-order valence-electron chi connectivity index (χ0n) is 15.1. The van der Waals surface area contributed by atoms with Gasteiger partial charge < -0.3 is 10.2 Å². The maximum Gasteiger partial charge on any atom is 2.00 e. The summed E-state index contributed by atoms with van der Waals surface area (Å²) < 4.78 is 0. The van der Waals surface area contributed by atoms with Gasteiger partial charge in [-0.3, -0.25) is 0 Å². The minimum Gasteiger partial charge on any atom is -0.872 e. The van der Waals surface area contributed by atoms with Crippen molar-refractivity contribution in [1.29, 1.82) is 0 Å². The molecule has 0 amide bonds. The van der Waals surface area contributed by atoms with Crippen molar-refractivity contribution in [3.63, 3.8) is 0 Å². The molecule has 0 aliphatic rings. The summed E-state index contributed by atoms with van der Waals surface area (Å²) in [6.45, 7) is 12.3. The summed E-state index contributed by atoms with van der Waals surface area (Å²) in [5.74, 6) is 0.278. The van der Waals surface area contributed by atoms with Crippen LogP contribution in [0.1, 0.15) is 52.7 Å². The first-order valence-electron chi connectivity index (χ1n) is 7.56. The van der Waals surface area contributed by atoms with Crippen LogP contribution in [-0.4, -0.2) is 37.7 Å². The molecule has 0 spiro atoms. The van der Waals surface area contributed by atoms with Gasteiger partial charge in [-0.1, -0.05) is 101 Å². The number of para-hydroxylation sites is 2. The average Bonchev–Trinajstić information content (AvgIpc) is 2.37. The zero-order chi connectivity index (χ0) is 17.0. The van der Waals surface area contributed by atoms with Gasteiger partial charge in [0.15, 0.2) is 0 Å². The van der Waals surface area contributed by atoms with Crippen molar-refractivity contribution in [1.82, 2.24) is 0 Å². The van der Waals surface area contributed by atoms with E-state index in [-0.39, 0.29) is 60.1 Å². The Labute approximate surface area is 170 Å². The second-order valence-corrected chi connectivity index (χ2v) is 7.49. The van der Waals surface area contributed by atoms with Crippen LogP contribution in [0.5, 0.6) is 11.5 Å². The summed E-state index contributed by atoms with van der Waals surface area (Å²) in [4.78, 5) is 0. The molecule has 0 aliphatic heterocycles. The van der Waals surface area contributed by atoms with E-state index in [1.165, 1.54) is 0 Å². The first-order chi connectivity index (χ1) is 10.0. The van der Waals surface area contributed by atoms with Crippen LogP contribution in [-0.2, 0) is 10.8 Å². The monoisotopic (exact) mass is 338 g/mol. The molecule has 0 saturated heterocycles. The fraction of sp³-hybridized carbons (Fsp3) is 0.400. The molecule has 2 aromatic carbocycles. The fourth-order valence-electron chi connectivity index (χ4n) is 2.17. The SMILES string of the molecule is CC(C)(C)c1ccccc1[O-].CC(C)(C)c1ccccc1[O-].[Ca+2]. The van der Waals surface area contributed by atoms with E-state index < -0.39 is 0 Å². The Kier molecular flexibility index (Phi) is 8.69. The molecular weight excluding hydrogens is 312 g/mol. The van der Waals surface area contributed by atoms with Gasteiger partial charge in [0, 0.05) is 0 Å². The van der Waals surface area contributed by atoms with Gasteiger partial charge in [-0.15, -0.1) is 11.5 Å². The molecule has 0 saturated carbocycles. The van der Waals surface area contributed by atoms with Crippen molar-refractivity contribution < 1.29 is 10.2 Å². The topological polar surface area (TPSA) is 46.1 Å². The Morgan fingerprint density at radius 2 is 0.826 bits per heavy atom. The van der Waals surface area contributed by atoms with E-state index in [2.05, 4.69) is 0 Å². The summed E-state index contributed by atoms with van der Waals surface area (Å²) in [7, 11) is 0. The Hall–Kier alpha value is -0.700. The van der Waals surface area contributed by atoms with Crippen LogP contribution in [0.25, 0.3) is 0 Å². The third-order valence-corrected chi connectivity index (χ3v) is 3.39. The molecule has 3 heteroatoms. The van der Waals surface area contributed by atoms with Crippen molar-refractivity contribution in [2.75, 3.05) is 0 Å². The standard InChI is InChI=1S/2C10H14O.Ca/c2*1-10(2,3)8-6-4-5-7-9(8)11;/h2*4-7,11H,1-3H3;/q;;+2/p-2. The van der Waals surface area contributed by atoms with Crippen molar-refractivity contribution in [2.24, 2.45) is 0 Å². The first kappa shape index (κ1) is 22.3. The molecule has 0 atom stereocenters. The van der Waals surface area contributed by atoms with E-state index in [1.54, 1.807) is 24.3 Å². The number of hydrogen-bond acceptors (Lipinski definition) is 2. The minimum atomic E-state index is -0.0294. The van der Waals surface area contributed by atoms with Gasteiger partial charge in [0.2, 0.25) is 0 Å². The molecule has 0 radical (unpaired) electrons. The molecule has 120 valence electrons. The Morgan fingerprint density at radius 3 is 1.00 bits per heavy atom. The van der Waals surface area contributed by atoms with Gasteiger partial charge >= 0.3 is 37.7 Å². The predicted molar refractivity (Wildman–Crippen MR) is 94.9 cm³/mol. The zero-order valence-corrected chi connectivity index (χ0v) is 17.4. The molecule has 0 bridgehead atoms. The maximum absolute atomic E-state index is 11.3. The third-order valence-electron chi connectivity index (χ3n) is 3.39. The average molecular weight is 339 g/mol. The van der Waals surface area contributed by atoms with Crippen LogP contribution in [0.15, 0.2) is 48.5 Å². The normalized spacial score (nSPS) is 11.0. The van der Waals surface area contributed by atoms with Gasteiger partial charge in [0.05, 0.1) is 0 Å². The number of hydrogen-bond donors (Lipinski definition) is 0. The Balaban J connectivity index is 0.000000403. The van der Waals surface area contributed by atoms with Crippen LogP contribution in [0.2, 0.25) is 0 Å².